The summed E-state index contributed by atoms with van der Waals surface area (Å²) in [4.78, 5) is 49.4. The molecular weight excluding hydrogens is 412 g/mol. The summed E-state index contributed by atoms with van der Waals surface area (Å²) in [5.74, 6) is -2.10. The highest BCUT2D eigenvalue weighted by Gasteiger charge is 2.64. The van der Waals surface area contributed by atoms with Gasteiger partial charge < -0.3 is 14.2 Å². The normalized spacial score (nSPS) is 27.2. The molecule has 3 aliphatic rings. The summed E-state index contributed by atoms with van der Waals surface area (Å²) in [5.41, 5.74) is 1.61. The van der Waals surface area contributed by atoms with Crippen LogP contribution in [0.3, 0.4) is 0 Å². The van der Waals surface area contributed by atoms with E-state index in [1.807, 2.05) is 19.1 Å². The molecule has 2 aliphatic carbocycles. The van der Waals surface area contributed by atoms with E-state index in [9.17, 15) is 19.2 Å². The van der Waals surface area contributed by atoms with E-state index in [-0.39, 0.29) is 29.7 Å². The maximum absolute atomic E-state index is 12.6. The van der Waals surface area contributed by atoms with Crippen molar-refractivity contribution in [1.29, 1.82) is 0 Å². The van der Waals surface area contributed by atoms with Gasteiger partial charge in [0, 0.05) is 11.5 Å². The van der Waals surface area contributed by atoms with Crippen LogP contribution in [0.5, 0.6) is 5.75 Å². The van der Waals surface area contributed by atoms with Gasteiger partial charge in [0.05, 0.1) is 17.4 Å². The maximum atomic E-state index is 12.6. The van der Waals surface area contributed by atoms with Crippen molar-refractivity contribution in [2.75, 3.05) is 6.61 Å². The molecule has 7 heteroatoms. The summed E-state index contributed by atoms with van der Waals surface area (Å²) >= 11 is 0. The number of fused-ring (bicyclic) bond motifs is 1. The highest BCUT2D eigenvalue weighted by molar-refractivity contribution is 5.98. The van der Waals surface area contributed by atoms with E-state index in [1.165, 1.54) is 24.3 Å². The van der Waals surface area contributed by atoms with Gasteiger partial charge in [0.2, 0.25) is 0 Å². The van der Waals surface area contributed by atoms with E-state index in [0.29, 0.717) is 23.3 Å². The SMILES string of the molecule is Cc1ccccc1C(=O)Oc1ccc(C(=O)COC(=O)[C@@H]2[C@@H]3C[C@@H]4[C@H]2C(=O)O[C@H]4C3)cc1. The van der Waals surface area contributed by atoms with Gasteiger partial charge in [0.1, 0.15) is 11.9 Å². The number of Topliss-reactive ketones (excluding diaryl/α,β-unsaturated/α-hetero) is 1. The zero-order valence-electron chi connectivity index (χ0n) is 17.5. The third-order valence-electron chi connectivity index (χ3n) is 6.85. The lowest BCUT2D eigenvalue weighted by molar-refractivity contribution is -0.154. The van der Waals surface area contributed by atoms with Crippen molar-refractivity contribution in [3.8, 4) is 5.75 Å². The van der Waals surface area contributed by atoms with Crippen molar-refractivity contribution < 1.29 is 33.4 Å². The Labute approximate surface area is 184 Å². The van der Waals surface area contributed by atoms with Crippen LogP contribution in [0, 0.1) is 30.6 Å². The Hall–Kier alpha value is -3.48. The minimum Gasteiger partial charge on any atom is -0.462 e. The fraction of sp³-hybridized carbons (Fsp3) is 0.360. The monoisotopic (exact) mass is 434 g/mol. The first kappa shape index (κ1) is 20.4. The van der Waals surface area contributed by atoms with Crippen LogP contribution in [-0.2, 0) is 19.1 Å². The van der Waals surface area contributed by atoms with Gasteiger partial charge in [-0.3, -0.25) is 14.4 Å². The molecule has 7 nitrogen and oxygen atoms in total. The summed E-state index contributed by atoms with van der Waals surface area (Å²) in [6.07, 6.45) is 1.45. The van der Waals surface area contributed by atoms with E-state index >= 15 is 0 Å². The van der Waals surface area contributed by atoms with Gasteiger partial charge >= 0.3 is 17.9 Å². The van der Waals surface area contributed by atoms with Crippen molar-refractivity contribution in [2.45, 2.75) is 25.9 Å². The van der Waals surface area contributed by atoms with Gasteiger partial charge in [-0.15, -0.1) is 0 Å². The van der Waals surface area contributed by atoms with Crippen LogP contribution in [0.15, 0.2) is 48.5 Å². The lowest BCUT2D eigenvalue weighted by Gasteiger charge is -2.22. The van der Waals surface area contributed by atoms with E-state index in [2.05, 4.69) is 0 Å². The summed E-state index contributed by atoms with van der Waals surface area (Å²) in [5, 5.41) is 0. The number of ether oxygens (including phenoxy) is 3. The summed E-state index contributed by atoms with van der Waals surface area (Å²) < 4.78 is 16.0. The first-order chi connectivity index (χ1) is 15.4. The standard InChI is InChI=1S/C25H22O7/c1-13-4-2-3-5-17(13)23(27)31-16-8-6-14(7-9-16)19(26)12-30-24(28)21-15-10-18-20(11-15)32-25(29)22(18)21/h2-9,15,18,20-22H,10-12H2,1H3/t15-,18+,20+,21-,22-/m1/s1. The third kappa shape index (κ3) is 3.47. The number of benzene rings is 2. The molecule has 2 saturated carbocycles. The molecule has 1 aliphatic heterocycles. The van der Waals surface area contributed by atoms with Gasteiger partial charge in [0.15, 0.2) is 12.4 Å². The molecule has 0 spiro atoms. The van der Waals surface area contributed by atoms with Crippen molar-refractivity contribution in [1.82, 2.24) is 0 Å². The van der Waals surface area contributed by atoms with Crippen LogP contribution in [0.2, 0.25) is 0 Å². The van der Waals surface area contributed by atoms with Gasteiger partial charge in [-0.2, -0.15) is 0 Å². The summed E-state index contributed by atoms with van der Waals surface area (Å²) in [6, 6.07) is 13.2. The van der Waals surface area contributed by atoms with Crippen LogP contribution in [0.4, 0.5) is 0 Å². The van der Waals surface area contributed by atoms with Gasteiger partial charge in [-0.1, -0.05) is 18.2 Å². The second kappa shape index (κ2) is 7.89. The summed E-state index contributed by atoms with van der Waals surface area (Å²) in [7, 11) is 0. The maximum Gasteiger partial charge on any atom is 0.343 e. The smallest absolute Gasteiger partial charge is 0.343 e. The number of hydrogen-bond donors (Lipinski definition) is 0. The largest absolute Gasteiger partial charge is 0.462 e. The molecule has 5 atom stereocenters. The molecule has 164 valence electrons. The first-order valence-electron chi connectivity index (χ1n) is 10.7. The van der Waals surface area contributed by atoms with Crippen LogP contribution in [0.1, 0.15) is 39.1 Å². The molecule has 1 heterocycles. The number of rotatable bonds is 6. The van der Waals surface area contributed by atoms with Crippen LogP contribution >= 0.6 is 0 Å². The Morgan fingerprint density at radius 1 is 1.03 bits per heavy atom. The Morgan fingerprint density at radius 3 is 2.53 bits per heavy atom. The van der Waals surface area contributed by atoms with Crippen LogP contribution < -0.4 is 4.74 Å². The Bertz CT molecular complexity index is 1100. The molecule has 0 radical (unpaired) electrons. The molecule has 0 N–H and O–H groups in total. The zero-order valence-corrected chi connectivity index (χ0v) is 17.5. The quantitative estimate of drug-likeness (QED) is 0.391. The van der Waals surface area contributed by atoms with Crippen molar-refractivity contribution in [3.05, 3.63) is 65.2 Å². The highest BCUT2D eigenvalue weighted by atomic mass is 16.6. The second-order valence-corrected chi connectivity index (χ2v) is 8.68. The lowest BCUT2D eigenvalue weighted by Crippen LogP contribution is -2.34. The average Bonchev–Trinajstić information content (AvgIpc) is 3.41. The van der Waals surface area contributed by atoms with Crippen LogP contribution in [-0.4, -0.2) is 36.4 Å². The molecule has 1 saturated heterocycles. The van der Waals surface area contributed by atoms with E-state index in [1.54, 1.807) is 12.1 Å². The van der Waals surface area contributed by atoms with Gasteiger partial charge in [-0.05, 0) is 61.6 Å². The average molecular weight is 434 g/mol. The predicted octanol–water partition coefficient (Wildman–Crippen LogP) is 3.14. The van der Waals surface area contributed by atoms with Crippen molar-refractivity contribution in [3.63, 3.8) is 0 Å². The van der Waals surface area contributed by atoms with Crippen molar-refractivity contribution in [2.24, 2.45) is 23.7 Å². The fourth-order valence-electron chi connectivity index (χ4n) is 5.31. The second-order valence-electron chi connectivity index (χ2n) is 8.68. The molecule has 2 aromatic rings. The van der Waals surface area contributed by atoms with E-state index < -0.39 is 30.4 Å². The number of esters is 3. The molecule has 5 rings (SSSR count). The molecule has 2 bridgehead atoms. The minimum atomic E-state index is -0.512. The topological polar surface area (TPSA) is 96.0 Å². The van der Waals surface area contributed by atoms with Crippen molar-refractivity contribution >= 4 is 23.7 Å². The predicted molar refractivity (Wildman–Crippen MR) is 111 cm³/mol. The molecule has 2 aromatic carbocycles. The molecule has 0 aromatic heterocycles. The number of aryl methyl sites for hydroxylation is 1. The number of carbonyl (C=O) groups is 4. The van der Waals surface area contributed by atoms with Gasteiger partial charge in [-0.25, -0.2) is 4.79 Å². The summed E-state index contributed by atoms with van der Waals surface area (Å²) in [6.45, 7) is 1.42. The van der Waals surface area contributed by atoms with E-state index in [4.69, 9.17) is 14.2 Å². The number of carbonyl (C=O) groups excluding carboxylic acids is 4. The Balaban J connectivity index is 1.17. The van der Waals surface area contributed by atoms with Crippen LogP contribution in [0.25, 0.3) is 0 Å². The third-order valence-corrected chi connectivity index (χ3v) is 6.85. The van der Waals surface area contributed by atoms with E-state index in [0.717, 1.165) is 12.0 Å². The minimum absolute atomic E-state index is 0.0541. The molecule has 32 heavy (non-hydrogen) atoms. The first-order valence-corrected chi connectivity index (χ1v) is 10.7. The lowest BCUT2D eigenvalue weighted by atomic mass is 9.80. The Morgan fingerprint density at radius 2 is 1.78 bits per heavy atom. The van der Waals surface area contributed by atoms with Gasteiger partial charge in [0.25, 0.3) is 0 Å². The highest BCUT2D eigenvalue weighted by Crippen LogP contribution is 2.57. The number of ketones is 1. The fourth-order valence-corrected chi connectivity index (χ4v) is 5.31. The molecule has 3 fully saturated rings. The zero-order chi connectivity index (χ0) is 22.4. The molecule has 0 amide bonds. The Kier molecular flexibility index (Phi) is 5.04. The molecular formula is C25H22O7. The molecule has 0 unspecified atom stereocenters. The number of hydrogen-bond acceptors (Lipinski definition) is 7.